The minimum Gasteiger partial charge on any atom is -0.496 e. The smallest absolute Gasteiger partial charge is 0.122 e. The number of hydrogen-bond acceptors (Lipinski definition) is 2. The molecule has 0 aliphatic carbocycles. The molecule has 120 valence electrons. The zero-order valence-electron chi connectivity index (χ0n) is 13.3. The lowest BCUT2D eigenvalue weighted by Gasteiger charge is -2.12. The Balaban J connectivity index is 0.00000192. The summed E-state index contributed by atoms with van der Waals surface area (Å²) in [6.07, 6.45) is 0.956. The van der Waals surface area contributed by atoms with Gasteiger partial charge in [-0.25, -0.2) is 0 Å². The van der Waals surface area contributed by atoms with Crippen LogP contribution in [0.25, 0.3) is 10.8 Å². The predicted octanol–water partition coefficient (Wildman–Crippen LogP) is 4.60. The average Bonchev–Trinajstić information content (AvgIpc) is 2.59. The van der Waals surface area contributed by atoms with E-state index in [4.69, 9.17) is 4.74 Å². The van der Waals surface area contributed by atoms with Gasteiger partial charge in [0.2, 0.25) is 0 Å². The molecule has 0 aromatic heterocycles. The van der Waals surface area contributed by atoms with Gasteiger partial charge in [0.25, 0.3) is 0 Å². The molecule has 1 N–H and O–H groups in total. The van der Waals surface area contributed by atoms with Gasteiger partial charge in [0.15, 0.2) is 0 Å². The van der Waals surface area contributed by atoms with Crippen LogP contribution in [0.2, 0.25) is 0 Å². The van der Waals surface area contributed by atoms with Gasteiger partial charge >= 0.3 is 0 Å². The van der Waals surface area contributed by atoms with Crippen LogP contribution in [0.5, 0.6) is 5.75 Å². The SMILES string of the molecule is COc1ccc2ccccc2c1CCNCc1ccccc1.Cl. The van der Waals surface area contributed by atoms with Crippen molar-refractivity contribution in [3.8, 4) is 5.75 Å². The maximum absolute atomic E-state index is 5.54. The molecule has 2 nitrogen and oxygen atoms in total. The average molecular weight is 328 g/mol. The highest BCUT2D eigenvalue weighted by Crippen LogP contribution is 2.28. The monoisotopic (exact) mass is 327 g/mol. The van der Waals surface area contributed by atoms with Crippen molar-refractivity contribution in [3.63, 3.8) is 0 Å². The van der Waals surface area contributed by atoms with Gasteiger partial charge < -0.3 is 10.1 Å². The van der Waals surface area contributed by atoms with E-state index in [9.17, 15) is 0 Å². The number of halogens is 1. The fourth-order valence-electron chi connectivity index (χ4n) is 2.81. The van der Waals surface area contributed by atoms with Crippen molar-refractivity contribution < 1.29 is 4.74 Å². The highest BCUT2D eigenvalue weighted by atomic mass is 35.5. The van der Waals surface area contributed by atoms with Gasteiger partial charge in [0, 0.05) is 12.1 Å². The molecule has 0 heterocycles. The molecule has 3 heteroatoms. The van der Waals surface area contributed by atoms with E-state index < -0.39 is 0 Å². The summed E-state index contributed by atoms with van der Waals surface area (Å²) in [5, 5.41) is 6.06. The third-order valence-corrected chi connectivity index (χ3v) is 3.94. The Morgan fingerprint density at radius 1 is 0.870 bits per heavy atom. The van der Waals surface area contributed by atoms with Crippen LogP contribution in [0, 0.1) is 0 Å². The number of benzene rings is 3. The van der Waals surface area contributed by atoms with Crippen molar-refractivity contribution in [3.05, 3.63) is 77.9 Å². The molecule has 0 saturated heterocycles. The van der Waals surface area contributed by atoms with Crippen LogP contribution >= 0.6 is 12.4 Å². The van der Waals surface area contributed by atoms with Crippen LogP contribution in [0.3, 0.4) is 0 Å². The number of rotatable bonds is 6. The molecule has 0 fully saturated rings. The molecule has 0 aliphatic heterocycles. The zero-order valence-corrected chi connectivity index (χ0v) is 14.1. The fourth-order valence-corrected chi connectivity index (χ4v) is 2.81. The van der Waals surface area contributed by atoms with Gasteiger partial charge in [-0.05, 0) is 35.4 Å². The van der Waals surface area contributed by atoms with Gasteiger partial charge in [-0.1, -0.05) is 60.7 Å². The van der Waals surface area contributed by atoms with Crippen LogP contribution in [0.15, 0.2) is 66.7 Å². The maximum Gasteiger partial charge on any atom is 0.122 e. The summed E-state index contributed by atoms with van der Waals surface area (Å²) in [5.41, 5.74) is 2.59. The second-order valence-electron chi connectivity index (χ2n) is 5.38. The van der Waals surface area contributed by atoms with Crippen LogP contribution < -0.4 is 10.1 Å². The first-order valence-electron chi connectivity index (χ1n) is 7.68. The summed E-state index contributed by atoms with van der Waals surface area (Å²) in [7, 11) is 1.74. The Bertz CT molecular complexity index is 743. The Morgan fingerprint density at radius 3 is 2.39 bits per heavy atom. The predicted molar refractivity (Wildman–Crippen MR) is 99.6 cm³/mol. The number of hydrogen-bond donors (Lipinski definition) is 1. The van der Waals surface area contributed by atoms with Crippen LogP contribution in [-0.4, -0.2) is 13.7 Å². The van der Waals surface area contributed by atoms with E-state index in [0.29, 0.717) is 0 Å². The molecule has 0 unspecified atom stereocenters. The normalized spacial score (nSPS) is 10.3. The summed E-state index contributed by atoms with van der Waals surface area (Å²) in [6.45, 7) is 1.83. The minimum atomic E-state index is 0. The molecule has 3 rings (SSSR count). The lowest BCUT2D eigenvalue weighted by molar-refractivity contribution is 0.410. The number of fused-ring (bicyclic) bond motifs is 1. The van der Waals surface area contributed by atoms with Crippen LogP contribution in [-0.2, 0) is 13.0 Å². The van der Waals surface area contributed by atoms with Crippen molar-refractivity contribution >= 4 is 23.2 Å². The van der Waals surface area contributed by atoms with Gasteiger partial charge in [0.1, 0.15) is 5.75 Å². The van der Waals surface area contributed by atoms with Crippen LogP contribution in [0.4, 0.5) is 0 Å². The topological polar surface area (TPSA) is 21.3 Å². The fraction of sp³-hybridized carbons (Fsp3) is 0.200. The molecule has 0 bridgehead atoms. The molecule has 0 saturated carbocycles. The Morgan fingerprint density at radius 2 is 1.61 bits per heavy atom. The third-order valence-electron chi connectivity index (χ3n) is 3.94. The number of methoxy groups -OCH3 is 1. The first-order chi connectivity index (χ1) is 10.9. The van der Waals surface area contributed by atoms with E-state index in [1.54, 1.807) is 7.11 Å². The molecular weight excluding hydrogens is 306 g/mol. The molecule has 0 atom stereocenters. The molecule has 3 aromatic carbocycles. The zero-order chi connectivity index (χ0) is 15.2. The largest absolute Gasteiger partial charge is 0.496 e. The van der Waals surface area contributed by atoms with E-state index in [0.717, 1.165) is 25.3 Å². The first kappa shape index (κ1) is 17.3. The van der Waals surface area contributed by atoms with Gasteiger partial charge in [-0.3, -0.25) is 0 Å². The third kappa shape index (κ3) is 4.25. The van der Waals surface area contributed by atoms with Crippen molar-refractivity contribution in [1.82, 2.24) is 5.32 Å². The molecule has 0 amide bonds. The van der Waals surface area contributed by atoms with Crippen LogP contribution in [0.1, 0.15) is 11.1 Å². The summed E-state index contributed by atoms with van der Waals surface area (Å²) >= 11 is 0. The lowest BCUT2D eigenvalue weighted by atomic mass is 10.0. The molecule has 0 aliphatic rings. The Labute approximate surface area is 143 Å². The minimum absolute atomic E-state index is 0. The van der Waals surface area contributed by atoms with E-state index >= 15 is 0 Å². The standard InChI is InChI=1S/C20H21NO.ClH/c1-22-20-12-11-17-9-5-6-10-18(17)19(20)13-14-21-15-16-7-3-2-4-8-16;/h2-12,21H,13-15H2,1H3;1H. The molecule has 3 aromatic rings. The summed E-state index contributed by atoms with van der Waals surface area (Å²) in [4.78, 5) is 0. The van der Waals surface area contributed by atoms with E-state index in [1.165, 1.54) is 21.9 Å². The molecule has 0 spiro atoms. The van der Waals surface area contributed by atoms with Crippen molar-refractivity contribution in [1.29, 1.82) is 0 Å². The first-order valence-corrected chi connectivity index (χ1v) is 7.68. The number of nitrogens with one attached hydrogen (secondary N) is 1. The van der Waals surface area contributed by atoms with Gasteiger partial charge in [-0.15, -0.1) is 12.4 Å². The number of ether oxygens (including phenoxy) is 1. The Kier molecular flexibility index (Phi) is 6.45. The second kappa shape index (κ2) is 8.56. The van der Waals surface area contributed by atoms with Gasteiger partial charge in [0.05, 0.1) is 7.11 Å². The summed E-state index contributed by atoms with van der Waals surface area (Å²) in [6, 6.07) is 23.1. The van der Waals surface area contributed by atoms with E-state index in [1.807, 2.05) is 6.07 Å². The van der Waals surface area contributed by atoms with Crippen molar-refractivity contribution in [2.45, 2.75) is 13.0 Å². The van der Waals surface area contributed by atoms with Crippen molar-refractivity contribution in [2.24, 2.45) is 0 Å². The highest BCUT2D eigenvalue weighted by Gasteiger charge is 2.07. The maximum atomic E-state index is 5.54. The van der Waals surface area contributed by atoms with Gasteiger partial charge in [-0.2, -0.15) is 0 Å². The molecular formula is C20H22ClNO. The van der Waals surface area contributed by atoms with E-state index in [-0.39, 0.29) is 12.4 Å². The van der Waals surface area contributed by atoms with E-state index in [2.05, 4.69) is 66.0 Å². The Hall–Kier alpha value is -2.03. The lowest BCUT2D eigenvalue weighted by Crippen LogP contribution is -2.17. The van der Waals surface area contributed by atoms with Crippen molar-refractivity contribution in [2.75, 3.05) is 13.7 Å². The highest BCUT2D eigenvalue weighted by molar-refractivity contribution is 5.87. The molecule has 23 heavy (non-hydrogen) atoms. The molecule has 0 radical (unpaired) electrons. The summed E-state index contributed by atoms with van der Waals surface area (Å²) in [5.74, 6) is 0.972. The summed E-state index contributed by atoms with van der Waals surface area (Å²) < 4.78 is 5.54. The quantitative estimate of drug-likeness (QED) is 0.668. The second-order valence-corrected chi connectivity index (χ2v) is 5.38.